The number of anilines is 2. The number of nitrogen functional groups attached to an aromatic ring is 1. The van der Waals surface area contributed by atoms with Gasteiger partial charge in [0.25, 0.3) is 0 Å². The van der Waals surface area contributed by atoms with Crippen LogP contribution in [0.5, 0.6) is 6.01 Å². The van der Waals surface area contributed by atoms with Crippen LogP contribution in [0.2, 0.25) is 0 Å². The first kappa shape index (κ1) is 15.7. The number of nitrogens with zero attached hydrogens (tertiary/aromatic N) is 5. The lowest BCUT2D eigenvalue weighted by Crippen LogP contribution is -2.50. The third-order valence-electron chi connectivity index (χ3n) is 3.82. The van der Waals surface area contributed by atoms with Crippen LogP contribution < -0.4 is 20.9 Å². The van der Waals surface area contributed by atoms with E-state index in [1.165, 1.54) is 6.42 Å². The smallest absolute Gasteiger partial charge is 0.323 e. The van der Waals surface area contributed by atoms with E-state index in [4.69, 9.17) is 10.6 Å². The zero-order valence-electron chi connectivity index (χ0n) is 13.0. The molecule has 118 valence electrons. The molecule has 1 aliphatic heterocycles. The molecule has 0 spiro atoms. The van der Waals surface area contributed by atoms with Crippen molar-refractivity contribution in [2.75, 3.05) is 43.1 Å². The summed E-state index contributed by atoms with van der Waals surface area (Å²) in [5, 5.41) is 0. The Kier molecular flexibility index (Phi) is 5.51. The Morgan fingerprint density at radius 1 is 1.19 bits per heavy atom. The molecule has 0 bridgehead atoms. The Balaban J connectivity index is 2.07. The normalized spacial score (nSPS) is 17.6. The fraction of sp³-hybridized carbons (Fsp3) is 0.769. The molecule has 0 radical (unpaired) electrons. The average Bonchev–Trinajstić information content (AvgIpc) is 2.54. The molecule has 8 nitrogen and oxygen atoms in total. The second-order valence-electron chi connectivity index (χ2n) is 5.10. The maximum Gasteiger partial charge on any atom is 0.323 e. The molecule has 0 saturated carbocycles. The molecule has 0 aromatic carbocycles. The van der Waals surface area contributed by atoms with E-state index >= 15 is 0 Å². The van der Waals surface area contributed by atoms with Crippen molar-refractivity contribution in [2.45, 2.75) is 33.2 Å². The lowest BCUT2D eigenvalue weighted by molar-refractivity contribution is 0.192. The van der Waals surface area contributed by atoms with E-state index in [0.29, 0.717) is 30.6 Å². The van der Waals surface area contributed by atoms with Crippen LogP contribution >= 0.6 is 0 Å². The van der Waals surface area contributed by atoms with Gasteiger partial charge in [-0.1, -0.05) is 6.92 Å². The molecule has 8 heteroatoms. The van der Waals surface area contributed by atoms with Gasteiger partial charge < -0.3 is 9.64 Å². The van der Waals surface area contributed by atoms with Gasteiger partial charge in [-0.2, -0.15) is 15.0 Å². The van der Waals surface area contributed by atoms with Gasteiger partial charge in [0.2, 0.25) is 11.9 Å². The minimum atomic E-state index is 0.305. The maximum atomic E-state index is 5.41. The SMILES string of the molecule is CCOc1nc(NN)nc(N2CCN(C(C)CC)CC2)n1. The molecular formula is C13H25N7O. The van der Waals surface area contributed by atoms with Gasteiger partial charge in [-0.15, -0.1) is 0 Å². The van der Waals surface area contributed by atoms with Gasteiger partial charge in [-0.25, -0.2) is 5.84 Å². The van der Waals surface area contributed by atoms with E-state index in [1.807, 2.05) is 6.92 Å². The number of nitrogens with one attached hydrogen (secondary N) is 1. The van der Waals surface area contributed by atoms with E-state index in [-0.39, 0.29) is 0 Å². The first-order valence-electron chi connectivity index (χ1n) is 7.52. The third-order valence-corrected chi connectivity index (χ3v) is 3.82. The van der Waals surface area contributed by atoms with E-state index < -0.39 is 0 Å². The second-order valence-corrected chi connectivity index (χ2v) is 5.10. The molecule has 21 heavy (non-hydrogen) atoms. The van der Waals surface area contributed by atoms with Crippen LogP contribution in [0.3, 0.4) is 0 Å². The molecule has 1 aromatic rings. The molecule has 1 unspecified atom stereocenters. The summed E-state index contributed by atoms with van der Waals surface area (Å²) < 4.78 is 5.36. The van der Waals surface area contributed by atoms with Crippen molar-refractivity contribution < 1.29 is 4.74 Å². The summed E-state index contributed by atoms with van der Waals surface area (Å²) in [6.45, 7) is 10.7. The Morgan fingerprint density at radius 2 is 1.90 bits per heavy atom. The minimum absolute atomic E-state index is 0.305. The number of nitrogens with two attached hydrogens (primary N) is 1. The highest BCUT2D eigenvalue weighted by atomic mass is 16.5. The van der Waals surface area contributed by atoms with Gasteiger partial charge in [0, 0.05) is 32.2 Å². The van der Waals surface area contributed by atoms with Crippen LogP contribution in [0, 0.1) is 0 Å². The first-order valence-corrected chi connectivity index (χ1v) is 7.52. The summed E-state index contributed by atoms with van der Waals surface area (Å²) in [5.74, 6) is 6.35. The molecule has 0 amide bonds. The van der Waals surface area contributed by atoms with Crippen molar-refractivity contribution in [2.24, 2.45) is 5.84 Å². The van der Waals surface area contributed by atoms with Crippen LogP contribution in [0.4, 0.5) is 11.9 Å². The fourth-order valence-corrected chi connectivity index (χ4v) is 2.37. The van der Waals surface area contributed by atoms with E-state index in [9.17, 15) is 0 Å². The summed E-state index contributed by atoms with van der Waals surface area (Å²) >= 11 is 0. The molecule has 1 saturated heterocycles. The number of hydrazine groups is 1. The lowest BCUT2D eigenvalue weighted by atomic mass is 10.2. The predicted octanol–water partition coefficient (Wildman–Crippen LogP) is 0.476. The number of hydrogen-bond donors (Lipinski definition) is 2. The summed E-state index contributed by atoms with van der Waals surface area (Å²) in [4.78, 5) is 17.4. The second kappa shape index (κ2) is 7.37. The van der Waals surface area contributed by atoms with Crippen LogP contribution in [0.1, 0.15) is 27.2 Å². The van der Waals surface area contributed by atoms with Gasteiger partial charge in [0.1, 0.15) is 0 Å². The van der Waals surface area contributed by atoms with Gasteiger partial charge >= 0.3 is 6.01 Å². The first-order chi connectivity index (χ1) is 10.2. The highest BCUT2D eigenvalue weighted by Crippen LogP contribution is 2.17. The van der Waals surface area contributed by atoms with Crippen LogP contribution in [0.15, 0.2) is 0 Å². The summed E-state index contributed by atoms with van der Waals surface area (Å²) in [6.07, 6.45) is 1.17. The molecule has 0 aliphatic carbocycles. The number of aromatic nitrogens is 3. The molecule has 1 fully saturated rings. The minimum Gasteiger partial charge on any atom is -0.464 e. The molecule has 3 N–H and O–H groups in total. The van der Waals surface area contributed by atoms with Gasteiger partial charge in [0.15, 0.2) is 0 Å². The van der Waals surface area contributed by atoms with Gasteiger partial charge in [0.05, 0.1) is 6.61 Å². The van der Waals surface area contributed by atoms with Crippen molar-refractivity contribution in [3.05, 3.63) is 0 Å². The number of hydrogen-bond acceptors (Lipinski definition) is 8. The van der Waals surface area contributed by atoms with Gasteiger partial charge in [-0.3, -0.25) is 10.3 Å². The van der Waals surface area contributed by atoms with Crippen LogP contribution in [-0.4, -0.2) is 58.7 Å². The van der Waals surface area contributed by atoms with Crippen molar-refractivity contribution in [1.82, 2.24) is 19.9 Å². The Hall–Kier alpha value is -1.67. The lowest BCUT2D eigenvalue weighted by Gasteiger charge is -2.37. The van der Waals surface area contributed by atoms with Crippen molar-refractivity contribution >= 4 is 11.9 Å². The highest BCUT2D eigenvalue weighted by molar-refractivity contribution is 5.38. The quantitative estimate of drug-likeness (QED) is 0.578. The summed E-state index contributed by atoms with van der Waals surface area (Å²) in [7, 11) is 0. The zero-order valence-corrected chi connectivity index (χ0v) is 13.0. The predicted molar refractivity (Wildman–Crippen MR) is 82.3 cm³/mol. The van der Waals surface area contributed by atoms with E-state index in [2.05, 4.69) is 44.0 Å². The number of ether oxygens (including phenoxy) is 1. The highest BCUT2D eigenvalue weighted by Gasteiger charge is 2.22. The standard InChI is InChI=1S/C13H25N7O/c1-4-10(3)19-6-8-20(9-7-19)12-15-11(18-14)16-13(17-12)21-5-2/h10H,4-9,14H2,1-3H3,(H,15,16,17,18). The number of piperazine rings is 1. The van der Waals surface area contributed by atoms with Gasteiger partial charge in [-0.05, 0) is 20.3 Å². The third kappa shape index (κ3) is 3.92. The Bertz CT molecular complexity index is 448. The van der Waals surface area contributed by atoms with Crippen molar-refractivity contribution in [3.8, 4) is 6.01 Å². The summed E-state index contributed by atoms with van der Waals surface area (Å²) in [5.41, 5.74) is 2.46. The van der Waals surface area contributed by atoms with Crippen LogP contribution in [0.25, 0.3) is 0 Å². The van der Waals surface area contributed by atoms with E-state index in [0.717, 1.165) is 26.2 Å². The van der Waals surface area contributed by atoms with E-state index in [1.54, 1.807) is 0 Å². The average molecular weight is 295 g/mol. The van der Waals surface area contributed by atoms with Crippen molar-refractivity contribution in [1.29, 1.82) is 0 Å². The Morgan fingerprint density at radius 3 is 2.48 bits per heavy atom. The summed E-state index contributed by atoms with van der Waals surface area (Å²) in [6, 6.07) is 0.922. The maximum absolute atomic E-state index is 5.41. The largest absolute Gasteiger partial charge is 0.464 e. The molecule has 1 aliphatic rings. The molecule has 2 rings (SSSR count). The van der Waals surface area contributed by atoms with Crippen LogP contribution in [-0.2, 0) is 0 Å². The zero-order chi connectivity index (χ0) is 15.2. The molecule has 1 aromatic heterocycles. The monoisotopic (exact) mass is 295 g/mol. The molecular weight excluding hydrogens is 270 g/mol. The Labute approximate surface area is 125 Å². The number of rotatable bonds is 6. The van der Waals surface area contributed by atoms with Crippen molar-refractivity contribution in [3.63, 3.8) is 0 Å². The topological polar surface area (TPSA) is 92.4 Å². The fourth-order valence-electron chi connectivity index (χ4n) is 2.37. The molecule has 1 atom stereocenters. The molecule has 2 heterocycles.